The maximum atomic E-state index is 12.7. The molecule has 0 aliphatic heterocycles. The maximum absolute atomic E-state index is 12.7. The van der Waals surface area contributed by atoms with Gasteiger partial charge in [-0.2, -0.15) is 0 Å². The van der Waals surface area contributed by atoms with E-state index in [2.05, 4.69) is 24.1 Å². The van der Waals surface area contributed by atoms with E-state index in [9.17, 15) is 9.90 Å². The van der Waals surface area contributed by atoms with E-state index in [0.717, 1.165) is 18.7 Å². The summed E-state index contributed by atoms with van der Waals surface area (Å²) in [7, 11) is 0. The number of hydrogen-bond acceptors (Lipinski definition) is 3. The lowest BCUT2D eigenvalue weighted by Crippen LogP contribution is -2.46. The zero-order valence-corrected chi connectivity index (χ0v) is 13.5. The molecule has 21 heavy (non-hydrogen) atoms. The van der Waals surface area contributed by atoms with Gasteiger partial charge in [-0.1, -0.05) is 51.1 Å². The highest BCUT2D eigenvalue weighted by Crippen LogP contribution is 2.21. The summed E-state index contributed by atoms with van der Waals surface area (Å²) in [6.45, 7) is 9.69. The second kappa shape index (κ2) is 8.80. The Hall–Kier alpha value is -1.39. The van der Waals surface area contributed by atoms with Gasteiger partial charge in [-0.15, -0.1) is 0 Å². The van der Waals surface area contributed by atoms with Crippen LogP contribution in [0.1, 0.15) is 39.3 Å². The number of nitrogens with zero attached hydrogens (tertiary/aromatic N) is 1. The molecule has 0 aliphatic carbocycles. The lowest BCUT2D eigenvalue weighted by atomic mass is 10.0. The van der Waals surface area contributed by atoms with Gasteiger partial charge in [0.15, 0.2) is 0 Å². The van der Waals surface area contributed by atoms with Gasteiger partial charge in [-0.3, -0.25) is 9.69 Å². The van der Waals surface area contributed by atoms with Crippen molar-refractivity contribution in [3.63, 3.8) is 0 Å². The Kier molecular flexibility index (Phi) is 7.40. The zero-order chi connectivity index (χ0) is 15.8. The molecule has 0 spiro atoms. The highest BCUT2D eigenvalue weighted by Gasteiger charge is 2.27. The van der Waals surface area contributed by atoms with Crippen LogP contribution in [0.5, 0.6) is 0 Å². The average Bonchev–Trinajstić information content (AvgIpc) is 2.52. The number of benzene rings is 1. The first kappa shape index (κ1) is 17.7. The minimum atomic E-state index is -0.283. The molecule has 0 aliphatic rings. The summed E-state index contributed by atoms with van der Waals surface area (Å²) in [4.78, 5) is 14.8. The maximum Gasteiger partial charge on any atom is 0.242 e. The van der Waals surface area contributed by atoms with Gasteiger partial charge in [0.1, 0.15) is 6.04 Å². The molecule has 3 atom stereocenters. The Morgan fingerprint density at radius 2 is 1.76 bits per heavy atom. The first-order valence-corrected chi connectivity index (χ1v) is 7.75. The molecule has 0 saturated carbocycles. The number of carbonyl (C=O) groups is 1. The second-order valence-electron chi connectivity index (χ2n) is 5.49. The van der Waals surface area contributed by atoms with Crippen LogP contribution in [-0.2, 0) is 4.79 Å². The predicted molar refractivity (Wildman–Crippen MR) is 86.0 cm³/mol. The van der Waals surface area contributed by atoms with E-state index in [4.69, 9.17) is 0 Å². The third-order valence-corrected chi connectivity index (χ3v) is 4.05. The van der Waals surface area contributed by atoms with Gasteiger partial charge in [-0.25, -0.2) is 0 Å². The SMILES string of the molecule is CCN(CC)C(C(=O)NC(C)C(C)CO)c1ccccc1. The fourth-order valence-electron chi connectivity index (χ4n) is 2.36. The van der Waals surface area contributed by atoms with Crippen molar-refractivity contribution < 1.29 is 9.90 Å². The van der Waals surface area contributed by atoms with Gasteiger partial charge < -0.3 is 10.4 Å². The first-order valence-electron chi connectivity index (χ1n) is 7.75. The monoisotopic (exact) mass is 292 g/mol. The van der Waals surface area contributed by atoms with E-state index < -0.39 is 0 Å². The molecule has 1 aromatic rings. The largest absolute Gasteiger partial charge is 0.396 e. The van der Waals surface area contributed by atoms with E-state index in [1.165, 1.54) is 0 Å². The van der Waals surface area contributed by atoms with Crippen LogP contribution < -0.4 is 5.32 Å². The summed E-state index contributed by atoms with van der Waals surface area (Å²) in [5.74, 6) is 0.0415. The first-order chi connectivity index (χ1) is 10.0. The van der Waals surface area contributed by atoms with Crippen molar-refractivity contribution in [2.45, 2.75) is 39.8 Å². The van der Waals surface area contributed by atoms with Crippen LogP contribution in [0.4, 0.5) is 0 Å². The van der Waals surface area contributed by atoms with Crippen molar-refractivity contribution in [1.82, 2.24) is 10.2 Å². The van der Waals surface area contributed by atoms with Gasteiger partial charge in [-0.05, 0) is 31.5 Å². The molecule has 4 nitrogen and oxygen atoms in total. The molecule has 1 aromatic carbocycles. The molecule has 4 heteroatoms. The number of aliphatic hydroxyl groups is 1. The van der Waals surface area contributed by atoms with Crippen molar-refractivity contribution in [2.24, 2.45) is 5.92 Å². The molecule has 0 radical (unpaired) electrons. The lowest BCUT2D eigenvalue weighted by molar-refractivity contribution is -0.127. The van der Waals surface area contributed by atoms with Crippen LogP contribution in [0.2, 0.25) is 0 Å². The van der Waals surface area contributed by atoms with E-state index in [0.29, 0.717) is 0 Å². The van der Waals surface area contributed by atoms with Crippen LogP contribution in [0.25, 0.3) is 0 Å². The van der Waals surface area contributed by atoms with E-state index in [1.54, 1.807) is 0 Å². The summed E-state index contributed by atoms with van der Waals surface area (Å²) in [5, 5.41) is 12.3. The van der Waals surface area contributed by atoms with Gasteiger partial charge in [0.2, 0.25) is 5.91 Å². The number of rotatable bonds is 8. The normalized spacial score (nSPS) is 15.5. The topological polar surface area (TPSA) is 52.6 Å². The Labute approximate surface area is 128 Å². The molecule has 0 bridgehead atoms. The number of hydrogen-bond donors (Lipinski definition) is 2. The molecule has 1 amide bonds. The summed E-state index contributed by atoms with van der Waals surface area (Å²) in [5.41, 5.74) is 1.00. The van der Waals surface area contributed by atoms with E-state index >= 15 is 0 Å². The number of aliphatic hydroxyl groups excluding tert-OH is 1. The Bertz CT molecular complexity index is 418. The van der Waals surface area contributed by atoms with Crippen molar-refractivity contribution in [3.05, 3.63) is 35.9 Å². The fourth-order valence-corrected chi connectivity index (χ4v) is 2.36. The van der Waals surface area contributed by atoms with E-state index in [-0.39, 0.29) is 30.5 Å². The molecule has 0 saturated heterocycles. The van der Waals surface area contributed by atoms with Gasteiger partial charge in [0.05, 0.1) is 0 Å². The number of amides is 1. The van der Waals surface area contributed by atoms with Gasteiger partial charge >= 0.3 is 0 Å². The zero-order valence-electron chi connectivity index (χ0n) is 13.5. The minimum absolute atomic E-state index is 0.00213. The highest BCUT2D eigenvalue weighted by molar-refractivity contribution is 5.83. The smallest absolute Gasteiger partial charge is 0.242 e. The standard InChI is InChI=1S/C17H28N2O2/c1-5-19(6-2)16(15-10-8-7-9-11-15)17(21)18-14(4)13(3)12-20/h7-11,13-14,16,20H,5-6,12H2,1-4H3,(H,18,21). The molecular weight excluding hydrogens is 264 g/mol. The number of likely N-dealkylation sites (N-methyl/N-ethyl adjacent to an activating group) is 1. The van der Waals surface area contributed by atoms with Gasteiger partial charge in [0.25, 0.3) is 0 Å². The van der Waals surface area contributed by atoms with Gasteiger partial charge in [0, 0.05) is 12.6 Å². The quantitative estimate of drug-likeness (QED) is 0.772. The Balaban J connectivity index is 2.94. The molecule has 0 heterocycles. The Morgan fingerprint density at radius 3 is 2.24 bits per heavy atom. The molecular formula is C17H28N2O2. The molecule has 2 N–H and O–H groups in total. The highest BCUT2D eigenvalue weighted by atomic mass is 16.3. The fraction of sp³-hybridized carbons (Fsp3) is 0.588. The second-order valence-corrected chi connectivity index (χ2v) is 5.49. The van der Waals surface area contributed by atoms with E-state index in [1.807, 2.05) is 44.2 Å². The van der Waals surface area contributed by atoms with Crippen molar-refractivity contribution >= 4 is 5.91 Å². The molecule has 118 valence electrons. The van der Waals surface area contributed by atoms with Crippen molar-refractivity contribution in [2.75, 3.05) is 19.7 Å². The molecule has 0 fully saturated rings. The lowest BCUT2D eigenvalue weighted by Gasteiger charge is -2.31. The minimum Gasteiger partial charge on any atom is -0.396 e. The summed E-state index contributed by atoms with van der Waals surface area (Å²) in [6, 6.07) is 9.51. The third-order valence-electron chi connectivity index (χ3n) is 4.05. The third kappa shape index (κ3) is 4.83. The van der Waals surface area contributed by atoms with Crippen LogP contribution in [0.15, 0.2) is 30.3 Å². The summed E-state index contributed by atoms with van der Waals surface area (Å²) >= 11 is 0. The Morgan fingerprint density at radius 1 is 1.19 bits per heavy atom. The van der Waals surface area contributed by atoms with Crippen molar-refractivity contribution in [3.8, 4) is 0 Å². The number of nitrogens with one attached hydrogen (secondary N) is 1. The number of carbonyl (C=O) groups excluding carboxylic acids is 1. The molecule has 3 unspecified atom stereocenters. The molecule has 1 rings (SSSR count). The molecule has 0 aromatic heterocycles. The summed E-state index contributed by atoms with van der Waals surface area (Å²) in [6.07, 6.45) is 0. The average molecular weight is 292 g/mol. The van der Waals surface area contributed by atoms with Crippen LogP contribution in [0, 0.1) is 5.92 Å². The van der Waals surface area contributed by atoms with Crippen molar-refractivity contribution in [1.29, 1.82) is 0 Å². The van der Waals surface area contributed by atoms with Crippen LogP contribution >= 0.6 is 0 Å². The van der Waals surface area contributed by atoms with Crippen LogP contribution in [-0.4, -0.2) is 41.7 Å². The van der Waals surface area contributed by atoms with Crippen LogP contribution in [0.3, 0.4) is 0 Å². The predicted octanol–water partition coefficient (Wildman–Crippen LogP) is 2.20. The summed E-state index contributed by atoms with van der Waals surface area (Å²) < 4.78 is 0.